The summed E-state index contributed by atoms with van der Waals surface area (Å²) < 4.78 is 26.9. The first kappa shape index (κ1) is 17.6. The van der Waals surface area contributed by atoms with Crippen molar-refractivity contribution >= 4 is 10.0 Å². The lowest BCUT2D eigenvalue weighted by Crippen LogP contribution is -2.25. The van der Waals surface area contributed by atoms with Crippen LogP contribution in [0.15, 0.2) is 23.4 Å². The van der Waals surface area contributed by atoms with Crippen molar-refractivity contribution in [1.82, 2.24) is 9.71 Å². The van der Waals surface area contributed by atoms with Gasteiger partial charge in [-0.3, -0.25) is 4.98 Å². The van der Waals surface area contributed by atoms with Gasteiger partial charge in [-0.15, -0.1) is 0 Å². The zero-order valence-electron chi connectivity index (χ0n) is 12.6. The second kappa shape index (κ2) is 8.78. The molecule has 0 bridgehead atoms. The minimum Gasteiger partial charge on any atom is -0.320 e. The van der Waals surface area contributed by atoms with Gasteiger partial charge in [0.1, 0.15) is 4.90 Å². The van der Waals surface area contributed by atoms with Gasteiger partial charge in [0.25, 0.3) is 0 Å². The average molecular weight is 309 g/mol. The molecule has 0 aliphatic carbocycles. The van der Waals surface area contributed by atoms with Crippen molar-refractivity contribution in [3.8, 4) is 11.8 Å². The molecule has 0 saturated heterocycles. The van der Waals surface area contributed by atoms with Gasteiger partial charge >= 0.3 is 0 Å². The number of rotatable bonds is 7. The lowest BCUT2D eigenvalue weighted by atomic mass is 10.1. The SMILES string of the molecule is CC(C)CCCCNS(=O)(=O)c1cncc(C#CCN)c1. The molecule has 0 fully saturated rings. The van der Waals surface area contributed by atoms with Gasteiger partial charge in [0, 0.05) is 24.5 Å². The molecule has 0 amide bonds. The third-order valence-corrected chi connectivity index (χ3v) is 4.29. The summed E-state index contributed by atoms with van der Waals surface area (Å²) in [6.45, 7) is 4.98. The minimum absolute atomic E-state index is 0.134. The van der Waals surface area contributed by atoms with Gasteiger partial charge < -0.3 is 5.73 Å². The molecule has 1 aromatic heterocycles. The predicted octanol–water partition coefficient (Wildman–Crippen LogP) is 1.50. The van der Waals surface area contributed by atoms with Crippen LogP contribution in [0.4, 0.5) is 0 Å². The first-order chi connectivity index (χ1) is 9.95. The molecule has 0 saturated carbocycles. The summed E-state index contributed by atoms with van der Waals surface area (Å²) in [5, 5.41) is 0. The number of nitrogens with two attached hydrogens (primary N) is 1. The Labute approximate surface area is 127 Å². The van der Waals surface area contributed by atoms with Crippen molar-refractivity contribution in [3.05, 3.63) is 24.0 Å². The maximum atomic E-state index is 12.1. The van der Waals surface area contributed by atoms with Crippen molar-refractivity contribution in [1.29, 1.82) is 0 Å². The number of nitrogens with zero attached hydrogens (tertiary/aromatic N) is 1. The van der Waals surface area contributed by atoms with Crippen LogP contribution in [0.1, 0.15) is 38.7 Å². The minimum atomic E-state index is -3.52. The highest BCUT2D eigenvalue weighted by Crippen LogP contribution is 2.10. The van der Waals surface area contributed by atoms with Crippen molar-refractivity contribution in [2.75, 3.05) is 13.1 Å². The summed E-state index contributed by atoms with van der Waals surface area (Å²) in [5.41, 5.74) is 5.84. The maximum Gasteiger partial charge on any atom is 0.242 e. The molecule has 21 heavy (non-hydrogen) atoms. The van der Waals surface area contributed by atoms with Crippen LogP contribution in [0.25, 0.3) is 0 Å². The number of pyridine rings is 1. The molecule has 0 aliphatic heterocycles. The molecule has 0 aliphatic rings. The van der Waals surface area contributed by atoms with E-state index < -0.39 is 10.0 Å². The number of nitrogens with one attached hydrogen (secondary N) is 1. The Bertz CT molecular complexity index is 601. The zero-order valence-corrected chi connectivity index (χ0v) is 13.4. The van der Waals surface area contributed by atoms with E-state index in [2.05, 4.69) is 35.4 Å². The van der Waals surface area contributed by atoms with E-state index in [0.717, 1.165) is 19.3 Å². The van der Waals surface area contributed by atoms with Crippen LogP contribution < -0.4 is 10.5 Å². The quantitative estimate of drug-likeness (QED) is 0.590. The van der Waals surface area contributed by atoms with E-state index in [4.69, 9.17) is 5.73 Å². The van der Waals surface area contributed by atoms with Gasteiger partial charge in [0.05, 0.1) is 6.54 Å². The zero-order chi connectivity index (χ0) is 15.7. The lowest BCUT2D eigenvalue weighted by Gasteiger charge is -2.07. The Kier molecular flexibility index (Phi) is 7.37. The smallest absolute Gasteiger partial charge is 0.242 e. The van der Waals surface area contributed by atoms with E-state index in [1.165, 1.54) is 18.5 Å². The molecule has 0 unspecified atom stereocenters. The Morgan fingerprint density at radius 1 is 1.33 bits per heavy atom. The Morgan fingerprint density at radius 2 is 2.10 bits per heavy atom. The second-order valence-electron chi connectivity index (χ2n) is 5.20. The standard InChI is InChI=1S/C15H23N3O2S/c1-13(2)6-3-4-9-18-21(19,20)15-10-14(7-5-8-16)11-17-12-15/h10-13,18H,3-4,6,8-9,16H2,1-2H3. The highest BCUT2D eigenvalue weighted by atomic mass is 32.2. The summed E-state index contributed by atoms with van der Waals surface area (Å²) in [6, 6.07) is 1.51. The first-order valence-corrected chi connectivity index (χ1v) is 8.57. The molecular formula is C15H23N3O2S. The van der Waals surface area contributed by atoms with Crippen LogP contribution in [0.2, 0.25) is 0 Å². The molecule has 0 radical (unpaired) electrons. The fourth-order valence-corrected chi connectivity index (χ4v) is 2.82. The maximum absolute atomic E-state index is 12.1. The van der Waals surface area contributed by atoms with E-state index >= 15 is 0 Å². The molecule has 0 aromatic carbocycles. The van der Waals surface area contributed by atoms with Crippen molar-refractivity contribution in [2.45, 2.75) is 38.0 Å². The molecule has 0 spiro atoms. The van der Waals surface area contributed by atoms with Gasteiger partial charge in [0.15, 0.2) is 0 Å². The number of unbranched alkanes of at least 4 members (excludes halogenated alkanes) is 1. The molecule has 1 rings (SSSR count). The van der Waals surface area contributed by atoms with E-state index in [1.807, 2.05) is 0 Å². The number of hydrogen-bond donors (Lipinski definition) is 2. The lowest BCUT2D eigenvalue weighted by molar-refractivity contribution is 0.530. The Morgan fingerprint density at radius 3 is 2.76 bits per heavy atom. The second-order valence-corrected chi connectivity index (χ2v) is 6.97. The van der Waals surface area contributed by atoms with E-state index in [0.29, 0.717) is 18.0 Å². The molecular weight excluding hydrogens is 286 g/mol. The van der Waals surface area contributed by atoms with E-state index in [1.54, 1.807) is 0 Å². The van der Waals surface area contributed by atoms with Crippen LogP contribution >= 0.6 is 0 Å². The van der Waals surface area contributed by atoms with Gasteiger partial charge in [-0.1, -0.05) is 38.5 Å². The third kappa shape index (κ3) is 6.71. The predicted molar refractivity (Wildman–Crippen MR) is 84.0 cm³/mol. The molecule has 6 heteroatoms. The van der Waals surface area contributed by atoms with Crippen LogP contribution in [0, 0.1) is 17.8 Å². The van der Waals surface area contributed by atoms with Crippen molar-refractivity contribution in [3.63, 3.8) is 0 Å². The molecule has 0 atom stereocenters. The molecule has 1 heterocycles. The number of aromatic nitrogens is 1. The summed E-state index contributed by atoms with van der Waals surface area (Å²) in [4.78, 5) is 4.04. The van der Waals surface area contributed by atoms with Crippen LogP contribution in [-0.4, -0.2) is 26.5 Å². The monoisotopic (exact) mass is 309 g/mol. The molecule has 3 N–H and O–H groups in total. The third-order valence-electron chi connectivity index (χ3n) is 2.86. The topological polar surface area (TPSA) is 85.1 Å². The van der Waals surface area contributed by atoms with E-state index in [-0.39, 0.29) is 11.4 Å². The largest absolute Gasteiger partial charge is 0.320 e. The van der Waals surface area contributed by atoms with Gasteiger partial charge in [-0.05, 0) is 18.4 Å². The molecule has 5 nitrogen and oxygen atoms in total. The van der Waals surface area contributed by atoms with Crippen LogP contribution in [-0.2, 0) is 10.0 Å². The summed E-state index contributed by atoms with van der Waals surface area (Å²) in [5.74, 6) is 6.09. The number of hydrogen-bond acceptors (Lipinski definition) is 4. The van der Waals surface area contributed by atoms with Crippen molar-refractivity contribution in [2.24, 2.45) is 11.7 Å². The molecule has 116 valence electrons. The van der Waals surface area contributed by atoms with Gasteiger partial charge in [-0.25, -0.2) is 13.1 Å². The Balaban J connectivity index is 2.61. The number of sulfonamides is 1. The van der Waals surface area contributed by atoms with Crippen LogP contribution in [0.5, 0.6) is 0 Å². The van der Waals surface area contributed by atoms with Crippen LogP contribution in [0.3, 0.4) is 0 Å². The van der Waals surface area contributed by atoms with Gasteiger partial charge in [-0.2, -0.15) is 0 Å². The Hall–Kier alpha value is -1.42. The van der Waals surface area contributed by atoms with E-state index in [9.17, 15) is 8.42 Å². The fourth-order valence-electron chi connectivity index (χ4n) is 1.75. The van der Waals surface area contributed by atoms with Crippen molar-refractivity contribution < 1.29 is 8.42 Å². The first-order valence-electron chi connectivity index (χ1n) is 7.09. The summed E-state index contributed by atoms with van der Waals surface area (Å²) in [7, 11) is -3.52. The summed E-state index contributed by atoms with van der Waals surface area (Å²) >= 11 is 0. The molecule has 1 aromatic rings. The normalized spacial score (nSPS) is 11.2. The fraction of sp³-hybridized carbons (Fsp3) is 0.533. The highest BCUT2D eigenvalue weighted by molar-refractivity contribution is 7.89. The summed E-state index contributed by atoms with van der Waals surface area (Å²) in [6.07, 6.45) is 5.79. The average Bonchev–Trinajstić information content (AvgIpc) is 2.44. The van der Waals surface area contributed by atoms with Gasteiger partial charge in [0.2, 0.25) is 10.0 Å². The highest BCUT2D eigenvalue weighted by Gasteiger charge is 2.13.